The molecule has 2 saturated heterocycles. The van der Waals surface area contributed by atoms with Crippen molar-refractivity contribution in [3.63, 3.8) is 0 Å². The molecule has 2 aromatic rings. The molecule has 0 saturated carbocycles. The Hall–Kier alpha value is -0.750. The Morgan fingerprint density at radius 2 is 2.31 bits per heavy atom. The molecule has 142 valence electrons. The number of thiazole rings is 1. The van der Waals surface area contributed by atoms with Gasteiger partial charge in [0.15, 0.2) is 0 Å². The van der Waals surface area contributed by atoms with Crippen molar-refractivity contribution >= 4 is 22.7 Å². The fraction of sp³-hybridized carbons (Fsp3) is 0.667. The standard InChI is InChI=1S/C21H30N2OS2/c1-16-22-14-19(26-16)20(2,3)23-11-10-21(15-23,18-7-4-12-24-18)9-8-17-6-5-13-25-17/h5-6,13-14,18H,4,7-12,15H2,1-3H3. The fourth-order valence-corrected chi connectivity index (χ4v) is 6.31. The third-order valence-electron chi connectivity index (χ3n) is 6.46. The molecule has 4 heterocycles. The van der Waals surface area contributed by atoms with E-state index in [0.717, 1.165) is 24.7 Å². The Morgan fingerprint density at radius 1 is 1.42 bits per heavy atom. The predicted molar refractivity (Wildman–Crippen MR) is 110 cm³/mol. The summed E-state index contributed by atoms with van der Waals surface area (Å²) in [6.07, 6.45) is 8.66. The van der Waals surface area contributed by atoms with Crippen LogP contribution in [0, 0.1) is 12.3 Å². The van der Waals surface area contributed by atoms with E-state index in [1.165, 1.54) is 41.9 Å². The van der Waals surface area contributed by atoms with Gasteiger partial charge in [-0.05, 0) is 70.9 Å². The molecule has 0 aliphatic carbocycles. The van der Waals surface area contributed by atoms with E-state index in [1.807, 2.05) is 22.7 Å². The van der Waals surface area contributed by atoms with E-state index in [-0.39, 0.29) is 5.54 Å². The molecule has 0 aromatic carbocycles. The minimum atomic E-state index is 0.0508. The number of rotatable bonds is 6. The molecule has 2 aliphatic rings. The molecule has 0 amide bonds. The largest absolute Gasteiger partial charge is 0.378 e. The van der Waals surface area contributed by atoms with Gasteiger partial charge in [0.25, 0.3) is 0 Å². The highest BCUT2D eigenvalue weighted by atomic mass is 32.1. The van der Waals surface area contributed by atoms with Crippen LogP contribution in [0.5, 0.6) is 0 Å². The number of hydrogen-bond acceptors (Lipinski definition) is 5. The molecule has 5 heteroatoms. The smallest absolute Gasteiger partial charge is 0.0897 e. The molecule has 2 fully saturated rings. The molecule has 2 unspecified atom stereocenters. The zero-order valence-electron chi connectivity index (χ0n) is 16.2. The van der Waals surface area contributed by atoms with Crippen LogP contribution in [0.2, 0.25) is 0 Å². The molecular weight excluding hydrogens is 360 g/mol. The van der Waals surface area contributed by atoms with Crippen LogP contribution < -0.4 is 0 Å². The van der Waals surface area contributed by atoms with Gasteiger partial charge in [0.05, 0.1) is 16.7 Å². The van der Waals surface area contributed by atoms with Crippen molar-refractivity contribution in [3.8, 4) is 0 Å². The van der Waals surface area contributed by atoms with E-state index in [2.05, 4.69) is 54.4 Å². The van der Waals surface area contributed by atoms with Gasteiger partial charge in [0.2, 0.25) is 0 Å². The number of thiophene rings is 1. The summed E-state index contributed by atoms with van der Waals surface area (Å²) >= 11 is 3.74. The van der Waals surface area contributed by atoms with Crippen molar-refractivity contribution < 1.29 is 4.74 Å². The van der Waals surface area contributed by atoms with E-state index in [0.29, 0.717) is 11.5 Å². The lowest BCUT2D eigenvalue weighted by atomic mass is 9.75. The molecule has 2 aromatic heterocycles. The van der Waals surface area contributed by atoms with E-state index in [9.17, 15) is 0 Å². The van der Waals surface area contributed by atoms with Gasteiger partial charge in [0, 0.05) is 34.5 Å². The van der Waals surface area contributed by atoms with Gasteiger partial charge in [-0.15, -0.1) is 22.7 Å². The van der Waals surface area contributed by atoms with Crippen molar-refractivity contribution in [1.82, 2.24) is 9.88 Å². The van der Waals surface area contributed by atoms with E-state index in [4.69, 9.17) is 4.74 Å². The highest BCUT2D eigenvalue weighted by Gasteiger charge is 2.49. The molecule has 2 aliphatic heterocycles. The lowest BCUT2D eigenvalue weighted by Gasteiger charge is -2.39. The first kappa shape index (κ1) is 18.6. The van der Waals surface area contributed by atoms with Crippen molar-refractivity contribution in [2.45, 2.75) is 64.5 Å². The number of aromatic nitrogens is 1. The van der Waals surface area contributed by atoms with Crippen molar-refractivity contribution in [3.05, 3.63) is 38.5 Å². The van der Waals surface area contributed by atoms with Crippen LogP contribution in [0.3, 0.4) is 0 Å². The van der Waals surface area contributed by atoms with Gasteiger partial charge in [-0.1, -0.05) is 6.07 Å². The Kier molecular flexibility index (Phi) is 5.26. The number of aryl methyl sites for hydroxylation is 2. The molecule has 0 radical (unpaired) electrons. The number of ether oxygens (including phenoxy) is 1. The number of nitrogens with zero attached hydrogens (tertiary/aromatic N) is 2. The Labute approximate surface area is 165 Å². The van der Waals surface area contributed by atoms with Crippen LogP contribution in [0.4, 0.5) is 0 Å². The topological polar surface area (TPSA) is 25.4 Å². The highest BCUT2D eigenvalue weighted by Crippen LogP contribution is 2.47. The maximum absolute atomic E-state index is 6.25. The summed E-state index contributed by atoms with van der Waals surface area (Å²) < 4.78 is 6.25. The highest BCUT2D eigenvalue weighted by molar-refractivity contribution is 7.11. The minimum absolute atomic E-state index is 0.0508. The van der Waals surface area contributed by atoms with E-state index in [1.54, 1.807) is 0 Å². The van der Waals surface area contributed by atoms with Crippen molar-refractivity contribution in [2.75, 3.05) is 19.7 Å². The second kappa shape index (κ2) is 7.34. The van der Waals surface area contributed by atoms with Crippen LogP contribution in [-0.2, 0) is 16.7 Å². The molecule has 0 bridgehead atoms. The summed E-state index contributed by atoms with van der Waals surface area (Å²) in [6.45, 7) is 10.1. The Bertz CT molecular complexity index is 718. The molecule has 4 rings (SSSR count). The fourth-order valence-electron chi connectivity index (χ4n) is 4.69. The maximum atomic E-state index is 6.25. The monoisotopic (exact) mass is 390 g/mol. The Balaban J connectivity index is 1.53. The first-order chi connectivity index (χ1) is 12.5. The van der Waals surface area contributed by atoms with E-state index < -0.39 is 0 Å². The first-order valence-corrected chi connectivity index (χ1v) is 11.5. The van der Waals surface area contributed by atoms with Crippen LogP contribution in [0.1, 0.15) is 54.3 Å². The van der Waals surface area contributed by atoms with Crippen LogP contribution in [0.25, 0.3) is 0 Å². The molecule has 26 heavy (non-hydrogen) atoms. The van der Waals surface area contributed by atoms with Gasteiger partial charge in [-0.3, -0.25) is 4.90 Å². The summed E-state index contributed by atoms with van der Waals surface area (Å²) in [5.41, 5.74) is 0.354. The second-order valence-corrected chi connectivity index (χ2v) is 10.7. The van der Waals surface area contributed by atoms with E-state index >= 15 is 0 Å². The summed E-state index contributed by atoms with van der Waals surface area (Å²) in [6, 6.07) is 4.46. The number of likely N-dealkylation sites (tertiary alicyclic amines) is 1. The van der Waals surface area contributed by atoms with Gasteiger partial charge in [0.1, 0.15) is 0 Å². The maximum Gasteiger partial charge on any atom is 0.0897 e. The molecule has 3 nitrogen and oxygen atoms in total. The van der Waals surface area contributed by atoms with Crippen LogP contribution >= 0.6 is 22.7 Å². The summed E-state index contributed by atoms with van der Waals surface area (Å²) in [5.74, 6) is 0. The third kappa shape index (κ3) is 3.51. The molecular formula is C21H30N2OS2. The lowest BCUT2D eigenvalue weighted by molar-refractivity contribution is -0.00799. The normalized spacial score (nSPS) is 27.4. The first-order valence-electron chi connectivity index (χ1n) is 9.82. The number of hydrogen-bond donors (Lipinski definition) is 0. The summed E-state index contributed by atoms with van der Waals surface area (Å²) in [5, 5.41) is 3.36. The van der Waals surface area contributed by atoms with Crippen molar-refractivity contribution in [2.24, 2.45) is 5.41 Å². The molecule has 0 N–H and O–H groups in total. The van der Waals surface area contributed by atoms with Gasteiger partial charge < -0.3 is 4.74 Å². The minimum Gasteiger partial charge on any atom is -0.378 e. The second-order valence-electron chi connectivity index (χ2n) is 8.42. The lowest BCUT2D eigenvalue weighted by Crippen LogP contribution is -2.44. The third-order valence-corrected chi connectivity index (χ3v) is 8.62. The average Bonchev–Trinajstić information content (AvgIpc) is 3.38. The summed E-state index contributed by atoms with van der Waals surface area (Å²) in [4.78, 5) is 10.1. The van der Waals surface area contributed by atoms with Crippen LogP contribution in [-0.4, -0.2) is 35.7 Å². The molecule has 2 atom stereocenters. The SMILES string of the molecule is Cc1ncc(C(C)(C)N2CCC(CCc3cccs3)(C3CCCO3)C2)s1. The van der Waals surface area contributed by atoms with Gasteiger partial charge >= 0.3 is 0 Å². The summed E-state index contributed by atoms with van der Waals surface area (Å²) in [7, 11) is 0. The zero-order valence-corrected chi connectivity index (χ0v) is 17.8. The van der Waals surface area contributed by atoms with Gasteiger partial charge in [-0.2, -0.15) is 0 Å². The van der Waals surface area contributed by atoms with Crippen LogP contribution in [0.15, 0.2) is 23.7 Å². The zero-order chi connectivity index (χ0) is 18.2. The molecule has 0 spiro atoms. The predicted octanol–water partition coefficient (Wildman–Crippen LogP) is 5.25. The quantitative estimate of drug-likeness (QED) is 0.673. The van der Waals surface area contributed by atoms with Gasteiger partial charge in [-0.25, -0.2) is 4.98 Å². The van der Waals surface area contributed by atoms with Crippen molar-refractivity contribution in [1.29, 1.82) is 0 Å². The Morgan fingerprint density at radius 3 is 2.96 bits per heavy atom. The average molecular weight is 391 g/mol.